The van der Waals surface area contributed by atoms with Gasteiger partial charge in [-0.2, -0.15) is 0 Å². The van der Waals surface area contributed by atoms with Crippen LogP contribution in [0.5, 0.6) is 0 Å². The van der Waals surface area contributed by atoms with Crippen molar-refractivity contribution in [3.8, 4) is 0 Å². The Kier molecular flexibility index (Phi) is 16.0. The van der Waals surface area contributed by atoms with Gasteiger partial charge in [0.25, 0.3) is 0 Å². The smallest absolute Gasteiger partial charge is 0.374 e. The highest BCUT2D eigenvalue weighted by Crippen LogP contribution is 2.25. The van der Waals surface area contributed by atoms with Crippen LogP contribution in [0.4, 0.5) is 0 Å². The minimum Gasteiger partial charge on any atom is -0.374 e. The average molecular weight is 427 g/mol. The van der Waals surface area contributed by atoms with Crippen molar-refractivity contribution in [3.63, 3.8) is 0 Å². The molecule has 3 N–H and O–H groups in total. The molecule has 8 nitrogen and oxygen atoms in total. The second kappa shape index (κ2) is 16.0. The van der Waals surface area contributed by atoms with Crippen molar-refractivity contribution in [2.45, 2.75) is 59.7 Å². The predicted molar refractivity (Wildman–Crippen MR) is 112 cm³/mol. The van der Waals surface area contributed by atoms with Gasteiger partial charge in [0.15, 0.2) is 0 Å². The molecule has 0 aliphatic rings. The summed E-state index contributed by atoms with van der Waals surface area (Å²) in [4.78, 5) is 0. The molecule has 0 saturated carbocycles. The van der Waals surface area contributed by atoms with E-state index in [0.29, 0.717) is 65.2 Å². The molecule has 0 aromatic carbocycles. The Morgan fingerprint density at radius 3 is 1.44 bits per heavy atom. The molecule has 0 heterocycles. The van der Waals surface area contributed by atoms with Crippen LogP contribution in [0, 0.1) is 0 Å². The maximum absolute atomic E-state index is 6.10. The zero-order valence-corrected chi connectivity index (χ0v) is 20.2. The van der Waals surface area contributed by atoms with Gasteiger partial charge in [-0.3, -0.25) is 0 Å². The molecule has 0 bridgehead atoms. The third kappa shape index (κ3) is 9.44. The standard InChI is InChI=1S/C17H42N2O6Si2/c1-7-20-26(21-8-2,22-9-3)16-13-17(19-15-14-18)27(23-10-4,24-11-5)25-12-6/h17,19H,7-16,18H2,1-6H3. The van der Waals surface area contributed by atoms with Gasteiger partial charge in [-0.1, -0.05) is 0 Å². The first-order chi connectivity index (χ1) is 13.0. The fraction of sp³-hybridized carbons (Fsp3) is 1.00. The highest BCUT2D eigenvalue weighted by Gasteiger charge is 2.51. The molecule has 0 saturated heterocycles. The SMILES string of the molecule is CCO[Si](CCC(NCCN)[Si](OCC)(OCC)OCC)(OCC)OCC. The van der Waals surface area contributed by atoms with Crippen LogP contribution in [0.1, 0.15) is 48.0 Å². The fourth-order valence-electron chi connectivity index (χ4n) is 3.01. The van der Waals surface area contributed by atoms with Crippen LogP contribution < -0.4 is 11.1 Å². The lowest BCUT2D eigenvalue weighted by Crippen LogP contribution is -2.63. The molecular weight excluding hydrogens is 384 g/mol. The van der Waals surface area contributed by atoms with Crippen molar-refractivity contribution in [3.05, 3.63) is 0 Å². The molecule has 0 spiro atoms. The summed E-state index contributed by atoms with van der Waals surface area (Å²) < 4.78 is 36.3. The first kappa shape index (κ1) is 27.1. The van der Waals surface area contributed by atoms with Gasteiger partial charge in [-0.05, 0) is 48.0 Å². The molecule has 0 fully saturated rings. The van der Waals surface area contributed by atoms with Gasteiger partial charge in [-0.15, -0.1) is 0 Å². The predicted octanol–water partition coefficient (Wildman–Crippen LogP) is 1.93. The van der Waals surface area contributed by atoms with E-state index in [-0.39, 0.29) is 5.67 Å². The molecule has 0 aromatic rings. The molecule has 0 aliphatic carbocycles. The topological polar surface area (TPSA) is 93.4 Å². The summed E-state index contributed by atoms with van der Waals surface area (Å²) in [7, 11) is -5.70. The molecule has 1 atom stereocenters. The van der Waals surface area contributed by atoms with E-state index in [1.54, 1.807) is 0 Å². The number of rotatable bonds is 19. The minimum absolute atomic E-state index is 0.103. The van der Waals surface area contributed by atoms with Crippen molar-refractivity contribution < 1.29 is 26.6 Å². The van der Waals surface area contributed by atoms with E-state index >= 15 is 0 Å². The van der Waals surface area contributed by atoms with E-state index in [1.807, 2.05) is 41.5 Å². The van der Waals surface area contributed by atoms with E-state index in [0.717, 1.165) is 0 Å². The quantitative estimate of drug-likeness (QED) is 0.303. The van der Waals surface area contributed by atoms with Crippen molar-refractivity contribution >= 4 is 17.6 Å². The maximum Gasteiger partial charge on any atom is 0.518 e. The molecular formula is C17H42N2O6Si2. The van der Waals surface area contributed by atoms with Crippen molar-refractivity contribution in [2.24, 2.45) is 5.73 Å². The van der Waals surface area contributed by atoms with Gasteiger partial charge in [0, 0.05) is 58.8 Å². The summed E-state index contributed by atoms with van der Waals surface area (Å²) in [6.45, 7) is 16.2. The second-order valence-electron chi connectivity index (χ2n) is 5.72. The normalized spacial score (nSPS) is 13.9. The first-order valence-corrected chi connectivity index (χ1v) is 14.0. The van der Waals surface area contributed by atoms with E-state index < -0.39 is 17.6 Å². The van der Waals surface area contributed by atoms with Gasteiger partial charge < -0.3 is 37.6 Å². The second-order valence-corrected chi connectivity index (χ2v) is 11.2. The monoisotopic (exact) mass is 426 g/mol. The van der Waals surface area contributed by atoms with Gasteiger partial charge in [0.2, 0.25) is 0 Å². The highest BCUT2D eigenvalue weighted by molar-refractivity contribution is 6.63. The van der Waals surface area contributed by atoms with Gasteiger partial charge in [0.05, 0.1) is 5.67 Å². The lowest BCUT2D eigenvalue weighted by molar-refractivity contribution is 0.0533. The third-order valence-electron chi connectivity index (χ3n) is 3.83. The van der Waals surface area contributed by atoms with E-state index in [2.05, 4.69) is 5.32 Å². The Morgan fingerprint density at radius 2 is 1.11 bits per heavy atom. The van der Waals surface area contributed by atoms with Crippen LogP contribution in [-0.4, -0.2) is 76.0 Å². The lowest BCUT2D eigenvalue weighted by atomic mass is 10.4. The van der Waals surface area contributed by atoms with Crippen LogP contribution in [-0.2, 0) is 26.6 Å². The molecule has 0 amide bonds. The molecule has 0 radical (unpaired) electrons. The van der Waals surface area contributed by atoms with E-state index in [4.69, 9.17) is 32.3 Å². The highest BCUT2D eigenvalue weighted by atomic mass is 28.4. The van der Waals surface area contributed by atoms with Crippen LogP contribution in [0.2, 0.25) is 6.04 Å². The Labute approximate surface area is 168 Å². The number of hydrogen-bond donors (Lipinski definition) is 2. The average Bonchev–Trinajstić information content (AvgIpc) is 2.63. The summed E-state index contributed by atoms with van der Waals surface area (Å²) in [5.41, 5.74) is 5.63. The van der Waals surface area contributed by atoms with E-state index in [1.165, 1.54) is 0 Å². The largest absolute Gasteiger partial charge is 0.518 e. The molecule has 164 valence electrons. The van der Waals surface area contributed by atoms with Crippen molar-refractivity contribution in [1.29, 1.82) is 0 Å². The third-order valence-corrected chi connectivity index (χ3v) is 10.3. The summed E-state index contributed by atoms with van der Waals surface area (Å²) >= 11 is 0. The van der Waals surface area contributed by atoms with Gasteiger partial charge in [0.1, 0.15) is 0 Å². The summed E-state index contributed by atoms with van der Waals surface area (Å²) in [5, 5.41) is 3.48. The first-order valence-electron chi connectivity index (χ1n) is 10.3. The number of nitrogens with two attached hydrogens (primary N) is 1. The molecule has 1 unspecified atom stereocenters. The van der Waals surface area contributed by atoms with Gasteiger partial charge in [-0.25, -0.2) is 0 Å². The molecule has 0 rings (SSSR count). The van der Waals surface area contributed by atoms with Crippen LogP contribution in [0.3, 0.4) is 0 Å². The number of hydrogen-bond acceptors (Lipinski definition) is 8. The van der Waals surface area contributed by atoms with Crippen molar-refractivity contribution in [1.82, 2.24) is 5.32 Å². The Balaban J connectivity index is 5.54. The molecule has 27 heavy (non-hydrogen) atoms. The molecule has 0 aliphatic heterocycles. The Morgan fingerprint density at radius 1 is 0.704 bits per heavy atom. The lowest BCUT2D eigenvalue weighted by Gasteiger charge is -2.37. The molecule has 10 heteroatoms. The Hall–Kier alpha value is 0.114. The van der Waals surface area contributed by atoms with Crippen molar-refractivity contribution in [2.75, 3.05) is 52.7 Å². The Bertz CT molecular complexity index is 321. The van der Waals surface area contributed by atoms with Gasteiger partial charge >= 0.3 is 17.6 Å². The summed E-state index contributed by atoms with van der Waals surface area (Å²) in [6.07, 6.45) is 0.707. The minimum atomic E-state index is -2.94. The summed E-state index contributed by atoms with van der Waals surface area (Å²) in [6, 6.07) is 0.659. The number of nitrogens with one attached hydrogen (secondary N) is 1. The van der Waals surface area contributed by atoms with Crippen LogP contribution in [0.15, 0.2) is 0 Å². The zero-order valence-electron chi connectivity index (χ0n) is 18.2. The summed E-state index contributed by atoms with van der Waals surface area (Å²) in [5.74, 6) is 0. The van der Waals surface area contributed by atoms with E-state index in [9.17, 15) is 0 Å². The molecule has 0 aromatic heterocycles. The maximum atomic E-state index is 6.10. The zero-order chi connectivity index (χ0) is 20.6. The fourth-order valence-corrected chi connectivity index (χ4v) is 8.90. The van der Waals surface area contributed by atoms with Crippen LogP contribution in [0.25, 0.3) is 0 Å². The van der Waals surface area contributed by atoms with Crippen LogP contribution >= 0.6 is 0 Å².